The summed E-state index contributed by atoms with van der Waals surface area (Å²) in [7, 11) is 0. The summed E-state index contributed by atoms with van der Waals surface area (Å²) in [6.45, 7) is 1.45. The van der Waals surface area contributed by atoms with E-state index in [1.807, 2.05) is 30.3 Å². The normalized spacial score (nSPS) is 11.2. The third-order valence-corrected chi connectivity index (χ3v) is 4.08. The number of hydrogen-bond acceptors (Lipinski definition) is 4. The highest BCUT2D eigenvalue weighted by Gasteiger charge is 2.08. The molecule has 0 bridgehead atoms. The van der Waals surface area contributed by atoms with Gasteiger partial charge in [-0.1, -0.05) is 18.2 Å². The minimum Gasteiger partial charge on any atom is -0.326 e. The predicted octanol–water partition coefficient (Wildman–Crippen LogP) is 3.01. The first kappa shape index (κ1) is 17.4. The number of aromatic nitrogens is 4. The Labute approximate surface area is 160 Å². The van der Waals surface area contributed by atoms with E-state index >= 15 is 0 Å². The molecular weight excluding hydrogens is 354 g/mol. The highest BCUT2D eigenvalue weighted by atomic mass is 16.1. The molecule has 4 rings (SSSR count). The number of amides is 1. The van der Waals surface area contributed by atoms with Gasteiger partial charge < -0.3 is 5.32 Å². The van der Waals surface area contributed by atoms with E-state index < -0.39 is 0 Å². The van der Waals surface area contributed by atoms with Crippen molar-refractivity contribution in [2.24, 2.45) is 0 Å². The molecular formula is C21H17N5O2. The standard InChI is InChI=1S/C21H17N5O2/c1-15(27)23-17-5-2-6-19(12-17)25-11-9-20-24-18(13-21(28)26(20)25)8-7-16-4-3-10-22-14-16/h2-14H,1H3,(H,23,27)/b8-7+. The highest BCUT2D eigenvalue weighted by molar-refractivity contribution is 5.88. The molecule has 0 spiro atoms. The number of carbonyl (C=O) groups excluding carboxylic acids is 1. The Morgan fingerprint density at radius 1 is 1.11 bits per heavy atom. The first-order chi connectivity index (χ1) is 13.6. The van der Waals surface area contributed by atoms with E-state index in [1.165, 1.54) is 17.5 Å². The summed E-state index contributed by atoms with van der Waals surface area (Å²) in [6, 6.07) is 14.3. The zero-order valence-corrected chi connectivity index (χ0v) is 15.1. The van der Waals surface area contributed by atoms with Crippen LogP contribution >= 0.6 is 0 Å². The molecule has 138 valence electrons. The van der Waals surface area contributed by atoms with Crippen LogP contribution in [0.5, 0.6) is 0 Å². The molecule has 0 saturated heterocycles. The van der Waals surface area contributed by atoms with E-state index in [4.69, 9.17) is 0 Å². The number of pyridine rings is 1. The van der Waals surface area contributed by atoms with Crippen molar-refractivity contribution in [2.75, 3.05) is 5.32 Å². The summed E-state index contributed by atoms with van der Waals surface area (Å²) in [6.07, 6.45) is 8.86. The summed E-state index contributed by atoms with van der Waals surface area (Å²) in [5, 5.41) is 2.74. The molecule has 1 N–H and O–H groups in total. The van der Waals surface area contributed by atoms with E-state index in [9.17, 15) is 9.59 Å². The van der Waals surface area contributed by atoms with Gasteiger partial charge in [-0.2, -0.15) is 4.52 Å². The SMILES string of the molecule is CC(=O)Nc1cccc(-n2ccc3nc(/C=C/c4cccnc4)cc(=O)n32)c1. The van der Waals surface area contributed by atoms with Crippen LogP contribution in [0.25, 0.3) is 23.5 Å². The maximum atomic E-state index is 12.7. The lowest BCUT2D eigenvalue weighted by atomic mass is 10.2. The van der Waals surface area contributed by atoms with Gasteiger partial charge in [0.15, 0.2) is 5.65 Å². The molecule has 0 aliphatic carbocycles. The number of fused-ring (bicyclic) bond motifs is 1. The second-order valence-electron chi connectivity index (χ2n) is 6.20. The maximum absolute atomic E-state index is 12.7. The monoisotopic (exact) mass is 371 g/mol. The van der Waals surface area contributed by atoms with Gasteiger partial charge in [0.1, 0.15) is 0 Å². The zero-order valence-electron chi connectivity index (χ0n) is 15.1. The molecule has 7 heteroatoms. The fourth-order valence-electron chi connectivity index (χ4n) is 2.91. The molecule has 28 heavy (non-hydrogen) atoms. The Morgan fingerprint density at radius 3 is 2.79 bits per heavy atom. The van der Waals surface area contributed by atoms with Crippen molar-refractivity contribution in [1.29, 1.82) is 0 Å². The number of rotatable bonds is 4. The van der Waals surface area contributed by atoms with Gasteiger partial charge in [0.05, 0.1) is 11.4 Å². The van der Waals surface area contributed by atoms with E-state index in [0.717, 1.165) is 11.3 Å². The summed E-state index contributed by atoms with van der Waals surface area (Å²) >= 11 is 0. The summed E-state index contributed by atoms with van der Waals surface area (Å²) < 4.78 is 3.18. The highest BCUT2D eigenvalue weighted by Crippen LogP contribution is 2.16. The topological polar surface area (TPSA) is 81.3 Å². The second kappa shape index (κ2) is 7.32. The average Bonchev–Trinajstić information content (AvgIpc) is 3.12. The van der Waals surface area contributed by atoms with Crippen LogP contribution in [-0.4, -0.2) is 25.1 Å². The first-order valence-electron chi connectivity index (χ1n) is 8.68. The fraction of sp³-hybridized carbons (Fsp3) is 0.0476. The lowest BCUT2D eigenvalue weighted by Gasteiger charge is -2.09. The third kappa shape index (κ3) is 3.59. The zero-order chi connectivity index (χ0) is 19.5. The quantitative estimate of drug-likeness (QED) is 0.598. The van der Waals surface area contributed by atoms with Gasteiger partial charge in [-0.3, -0.25) is 19.3 Å². The molecule has 0 fully saturated rings. The Bertz CT molecular complexity index is 1240. The Kier molecular flexibility index (Phi) is 4.55. The van der Waals surface area contributed by atoms with Crippen molar-refractivity contribution in [3.05, 3.63) is 88.7 Å². The molecule has 0 radical (unpaired) electrons. The molecule has 1 amide bonds. The lowest BCUT2D eigenvalue weighted by Crippen LogP contribution is -2.20. The van der Waals surface area contributed by atoms with E-state index in [1.54, 1.807) is 47.5 Å². The van der Waals surface area contributed by atoms with Crippen LogP contribution in [0.1, 0.15) is 18.2 Å². The van der Waals surface area contributed by atoms with Crippen molar-refractivity contribution in [1.82, 2.24) is 19.2 Å². The van der Waals surface area contributed by atoms with Crippen LogP contribution in [-0.2, 0) is 4.79 Å². The second-order valence-corrected chi connectivity index (χ2v) is 6.20. The molecule has 3 aromatic heterocycles. The first-order valence-corrected chi connectivity index (χ1v) is 8.68. The van der Waals surface area contributed by atoms with Gasteiger partial charge >= 0.3 is 0 Å². The van der Waals surface area contributed by atoms with Crippen LogP contribution in [0.4, 0.5) is 5.69 Å². The molecule has 0 saturated carbocycles. The smallest absolute Gasteiger partial charge is 0.273 e. The molecule has 4 aromatic rings. The third-order valence-electron chi connectivity index (χ3n) is 4.08. The van der Waals surface area contributed by atoms with Crippen LogP contribution in [0.3, 0.4) is 0 Å². The summed E-state index contributed by atoms with van der Waals surface area (Å²) in [4.78, 5) is 32.6. The van der Waals surface area contributed by atoms with Crippen molar-refractivity contribution in [2.45, 2.75) is 6.92 Å². The van der Waals surface area contributed by atoms with E-state index in [2.05, 4.69) is 15.3 Å². The fourth-order valence-corrected chi connectivity index (χ4v) is 2.91. The number of hydrogen-bond donors (Lipinski definition) is 1. The molecule has 1 aromatic carbocycles. The number of nitrogens with one attached hydrogen (secondary N) is 1. The summed E-state index contributed by atoms with van der Waals surface area (Å²) in [5.74, 6) is -0.154. The number of nitrogens with zero attached hydrogens (tertiary/aromatic N) is 4. The van der Waals surface area contributed by atoms with Gasteiger partial charge in [0.25, 0.3) is 5.56 Å². The Morgan fingerprint density at radius 2 is 2.00 bits per heavy atom. The minimum absolute atomic E-state index is 0.154. The Hall–Kier alpha value is -4.00. The van der Waals surface area contributed by atoms with Gasteiger partial charge in [-0.05, 0) is 35.9 Å². The lowest BCUT2D eigenvalue weighted by molar-refractivity contribution is -0.114. The van der Waals surface area contributed by atoms with E-state index in [-0.39, 0.29) is 11.5 Å². The number of benzene rings is 1. The van der Waals surface area contributed by atoms with Crippen molar-refractivity contribution >= 4 is 29.4 Å². The molecule has 0 aliphatic heterocycles. The van der Waals surface area contributed by atoms with Gasteiger partial charge in [0, 0.05) is 43.3 Å². The van der Waals surface area contributed by atoms with Crippen LogP contribution in [0.15, 0.2) is 71.9 Å². The van der Waals surface area contributed by atoms with E-state index in [0.29, 0.717) is 17.0 Å². The number of anilines is 1. The van der Waals surface area contributed by atoms with Gasteiger partial charge in [-0.25, -0.2) is 4.98 Å². The van der Waals surface area contributed by atoms with Crippen molar-refractivity contribution < 1.29 is 4.79 Å². The predicted molar refractivity (Wildman–Crippen MR) is 108 cm³/mol. The largest absolute Gasteiger partial charge is 0.326 e. The summed E-state index contributed by atoms with van der Waals surface area (Å²) in [5.41, 5.74) is 3.22. The van der Waals surface area contributed by atoms with Crippen LogP contribution < -0.4 is 10.9 Å². The molecule has 0 unspecified atom stereocenters. The van der Waals surface area contributed by atoms with Crippen LogP contribution in [0, 0.1) is 0 Å². The molecule has 3 heterocycles. The minimum atomic E-state index is -0.203. The van der Waals surface area contributed by atoms with Crippen LogP contribution in [0.2, 0.25) is 0 Å². The maximum Gasteiger partial charge on any atom is 0.273 e. The molecule has 7 nitrogen and oxygen atoms in total. The number of carbonyl (C=O) groups is 1. The molecule has 0 atom stereocenters. The average molecular weight is 371 g/mol. The van der Waals surface area contributed by atoms with Gasteiger partial charge in [-0.15, -0.1) is 0 Å². The molecule has 0 aliphatic rings. The Balaban J connectivity index is 1.72. The van der Waals surface area contributed by atoms with Crippen molar-refractivity contribution in [3.63, 3.8) is 0 Å². The van der Waals surface area contributed by atoms with Gasteiger partial charge in [0.2, 0.25) is 5.91 Å². The van der Waals surface area contributed by atoms with Crippen molar-refractivity contribution in [3.8, 4) is 5.69 Å².